The summed E-state index contributed by atoms with van der Waals surface area (Å²) in [5.41, 5.74) is -0.508. The molecule has 0 spiro atoms. The average Bonchev–Trinajstić information content (AvgIpc) is 2.80. The van der Waals surface area contributed by atoms with Gasteiger partial charge in [-0.15, -0.1) is 20.3 Å². The van der Waals surface area contributed by atoms with Gasteiger partial charge in [0.1, 0.15) is 36.0 Å². The van der Waals surface area contributed by atoms with E-state index in [4.69, 9.17) is 15.3 Å². The van der Waals surface area contributed by atoms with E-state index >= 15 is 0 Å². The Bertz CT molecular complexity index is 2000. The van der Waals surface area contributed by atoms with Gasteiger partial charge < -0.3 is 24.0 Å². The summed E-state index contributed by atoms with van der Waals surface area (Å²) in [5, 5.41) is 31.8. The molecular weight excluding hydrogens is 655 g/mol. The van der Waals surface area contributed by atoms with Crippen molar-refractivity contribution >= 4 is 63.3 Å². The zero-order chi connectivity index (χ0) is 29.3. The van der Waals surface area contributed by atoms with E-state index in [0.717, 1.165) is 30.3 Å². The van der Waals surface area contributed by atoms with Crippen LogP contribution in [-0.4, -0.2) is 54.3 Å². The van der Waals surface area contributed by atoms with Gasteiger partial charge in [-0.25, -0.2) is 25.3 Å². The van der Waals surface area contributed by atoms with Crippen LogP contribution in [0.1, 0.15) is 0 Å². The summed E-state index contributed by atoms with van der Waals surface area (Å²) in [6, 6.07) is 11.5. The monoisotopic (exact) mass is 667 g/mol. The number of phenols is 1. The Kier molecular flexibility index (Phi) is 15.2. The molecule has 4 aromatic carbocycles. The van der Waals surface area contributed by atoms with Crippen molar-refractivity contribution in [3.05, 3.63) is 70.8 Å². The van der Waals surface area contributed by atoms with Gasteiger partial charge in [-0.3, -0.25) is 0 Å². The molecule has 0 aliphatic carbocycles. The van der Waals surface area contributed by atoms with E-state index in [1.165, 1.54) is 24.3 Å². The van der Waals surface area contributed by atoms with Gasteiger partial charge in [0, 0.05) is 16.2 Å². The number of phenolic OH excluding ortho intramolecular Hbond substituents is 1. The van der Waals surface area contributed by atoms with Crippen LogP contribution in [0, 0.1) is 10.1 Å². The Morgan fingerprint density at radius 2 is 1.19 bits per heavy atom. The molecule has 0 bridgehead atoms. The normalized spacial score (nSPS) is 11.5. The maximum atomic E-state index is 11.7. The minimum atomic E-state index is -5.27. The first-order chi connectivity index (χ1) is 17.9. The predicted octanol–water partition coefficient (Wildman–Crippen LogP) is -6.51. The van der Waals surface area contributed by atoms with Crippen LogP contribution in [0.5, 0.6) is 5.75 Å². The largest absolute Gasteiger partial charge is 1.00 e. The summed E-state index contributed by atoms with van der Waals surface area (Å²) in [7, 11) is -15.0. The molecule has 42 heavy (non-hydrogen) atoms. The number of aromatic hydroxyl groups is 1. The quantitative estimate of drug-likeness (QED) is 0.0659. The van der Waals surface area contributed by atoms with Crippen LogP contribution in [0.2, 0.25) is 0 Å². The van der Waals surface area contributed by atoms with Gasteiger partial charge in [0.15, 0.2) is 5.75 Å². The topological polar surface area (TPSA) is 280 Å². The number of hydrogen-bond acceptors (Lipinski definition) is 14. The second-order valence-electron chi connectivity index (χ2n) is 7.38. The van der Waals surface area contributed by atoms with Crippen LogP contribution in [0.15, 0.2) is 85.6 Å². The number of fused-ring (bicyclic) bond motifs is 2. The zero-order valence-electron chi connectivity index (χ0n) is 21.7. The fourth-order valence-corrected chi connectivity index (χ4v) is 5.23. The van der Waals surface area contributed by atoms with Gasteiger partial charge >= 0.3 is 88.7 Å². The van der Waals surface area contributed by atoms with Crippen LogP contribution < -0.4 is 88.7 Å². The van der Waals surface area contributed by atoms with Gasteiger partial charge in [0.25, 0.3) is 5.09 Å². The molecule has 0 unspecified atom stereocenters. The molecule has 22 heteroatoms. The number of nitrogens with zero attached hydrogens (tertiary/aromatic N) is 3. The smallest absolute Gasteiger partial charge is 0.744 e. The van der Waals surface area contributed by atoms with E-state index in [0.29, 0.717) is 6.07 Å². The number of azo groups is 1. The van der Waals surface area contributed by atoms with Crippen molar-refractivity contribution in [2.45, 2.75) is 14.7 Å². The van der Waals surface area contributed by atoms with Gasteiger partial charge in [-0.05, 0) is 35.7 Å². The molecule has 0 aliphatic rings. The maximum absolute atomic E-state index is 11.7. The first-order valence-electron chi connectivity index (χ1n) is 9.85. The molecule has 0 radical (unpaired) electrons. The van der Waals surface area contributed by atoms with Crippen molar-refractivity contribution in [3.8, 4) is 5.75 Å². The fourth-order valence-electron chi connectivity index (χ4n) is 3.44. The third-order valence-electron chi connectivity index (χ3n) is 4.97. The molecule has 206 valence electrons. The van der Waals surface area contributed by atoms with Crippen LogP contribution in [0.3, 0.4) is 0 Å². The SMILES string of the molecule is O=S(=O)([O-])c1ccc2c(N=Nc3ccc(S(=O)(=O)[O-])c4ccccc34)c(O)c(S(=O)(=O)[O-])cc2c1.O=[N+]([O-])O.[Na+].[Na+].[Na+]. The Morgan fingerprint density at radius 1 is 0.667 bits per heavy atom. The van der Waals surface area contributed by atoms with Gasteiger partial charge in [-0.2, -0.15) is 0 Å². The third kappa shape index (κ3) is 9.87. The standard InChI is InChI=1S/C20H14N2O10S3.HNO3.3Na/c23-20-18(35(30,31)32)10-11-9-12(33(24,25)26)5-6-13(11)19(20)22-21-16-7-8-17(34(27,28)29)15-4-2-1-3-14(15)16;2-1(3)4;;;/h1-10,23H,(H,24,25,26)(H,27,28,29)(H,30,31,32);(H,2,3,4);;;/q;;3*+1/p-3. The van der Waals surface area contributed by atoms with E-state index in [1.54, 1.807) is 0 Å². The second kappa shape index (κ2) is 15.6. The van der Waals surface area contributed by atoms with Crippen LogP contribution in [-0.2, 0) is 30.4 Å². The minimum absolute atomic E-state index is 0. The number of benzene rings is 4. The number of rotatable bonds is 5. The van der Waals surface area contributed by atoms with Gasteiger partial charge in [0.2, 0.25) is 0 Å². The molecule has 4 aromatic rings. The van der Waals surface area contributed by atoms with Gasteiger partial charge in [0.05, 0.1) is 20.4 Å². The zero-order valence-corrected chi connectivity index (χ0v) is 30.2. The minimum Gasteiger partial charge on any atom is -0.744 e. The van der Waals surface area contributed by atoms with E-state index in [1.807, 2.05) is 0 Å². The molecule has 0 atom stereocenters. The Balaban J connectivity index is 0.00000226. The van der Waals surface area contributed by atoms with Crippen LogP contribution in [0.4, 0.5) is 11.4 Å². The summed E-state index contributed by atoms with van der Waals surface area (Å²) in [6.45, 7) is 0. The summed E-state index contributed by atoms with van der Waals surface area (Å²) in [5.74, 6) is -1.07. The molecule has 0 saturated heterocycles. The fraction of sp³-hybridized carbons (Fsp3) is 0. The maximum Gasteiger partial charge on any atom is 1.00 e. The molecule has 16 nitrogen and oxygen atoms in total. The Hall–Kier alpha value is -1.27. The first kappa shape index (κ1) is 40.7. The van der Waals surface area contributed by atoms with E-state index in [9.17, 15) is 44.0 Å². The molecule has 0 amide bonds. The van der Waals surface area contributed by atoms with Gasteiger partial charge in [-0.1, -0.05) is 30.3 Å². The third-order valence-corrected chi connectivity index (χ3v) is 7.54. The Labute approximate surface area is 304 Å². The van der Waals surface area contributed by atoms with Crippen molar-refractivity contribution in [1.29, 1.82) is 0 Å². The molecular formula is C20H12N3Na3O13S3. The second-order valence-corrected chi connectivity index (χ2v) is 11.5. The molecule has 0 aromatic heterocycles. The molecule has 4 rings (SSSR count). The van der Waals surface area contributed by atoms with E-state index in [-0.39, 0.29) is 116 Å². The Morgan fingerprint density at radius 3 is 1.69 bits per heavy atom. The molecule has 0 saturated carbocycles. The van der Waals surface area contributed by atoms with Crippen LogP contribution in [0.25, 0.3) is 21.5 Å². The van der Waals surface area contributed by atoms with Crippen LogP contribution >= 0.6 is 0 Å². The molecule has 0 heterocycles. The summed E-state index contributed by atoms with van der Waals surface area (Å²) < 4.78 is 104. The molecule has 0 aliphatic heterocycles. The van der Waals surface area contributed by atoms with E-state index in [2.05, 4.69) is 10.2 Å². The predicted molar refractivity (Wildman–Crippen MR) is 126 cm³/mol. The average molecular weight is 667 g/mol. The first-order valence-corrected chi connectivity index (χ1v) is 14.1. The summed E-state index contributed by atoms with van der Waals surface area (Å²) >= 11 is 0. The molecule has 0 fully saturated rings. The summed E-state index contributed by atoms with van der Waals surface area (Å²) in [6.07, 6.45) is 0. The molecule has 2 N–H and O–H groups in total. The summed E-state index contributed by atoms with van der Waals surface area (Å²) in [4.78, 5) is 6.01. The van der Waals surface area contributed by atoms with E-state index < -0.39 is 61.6 Å². The number of hydrogen-bond donors (Lipinski definition) is 2. The van der Waals surface area contributed by atoms with Crippen molar-refractivity contribution < 1.29 is 143 Å². The van der Waals surface area contributed by atoms with Crippen molar-refractivity contribution in [2.24, 2.45) is 10.2 Å². The van der Waals surface area contributed by atoms with Crippen molar-refractivity contribution in [3.63, 3.8) is 0 Å². The van der Waals surface area contributed by atoms with Crippen molar-refractivity contribution in [2.75, 3.05) is 0 Å². The van der Waals surface area contributed by atoms with Crippen molar-refractivity contribution in [1.82, 2.24) is 0 Å².